The highest BCUT2D eigenvalue weighted by Crippen LogP contribution is 2.09. The molecule has 0 fully saturated rings. The predicted molar refractivity (Wildman–Crippen MR) is 84.2 cm³/mol. The topological polar surface area (TPSA) is 66.4 Å². The maximum atomic E-state index is 11.9. The van der Waals surface area contributed by atoms with Crippen LogP contribution in [-0.2, 0) is 4.79 Å². The second-order valence-electron chi connectivity index (χ2n) is 4.75. The highest BCUT2D eigenvalue weighted by atomic mass is 16.2. The van der Waals surface area contributed by atoms with Crippen LogP contribution in [0.1, 0.15) is 18.1 Å². The van der Waals surface area contributed by atoms with Crippen molar-refractivity contribution in [1.29, 1.82) is 0 Å². The molecule has 2 N–H and O–H groups in total. The first-order valence-corrected chi connectivity index (χ1v) is 6.71. The van der Waals surface area contributed by atoms with Gasteiger partial charge in [-0.3, -0.25) is 9.78 Å². The van der Waals surface area contributed by atoms with Gasteiger partial charge in [-0.05, 0) is 43.7 Å². The van der Waals surface area contributed by atoms with Crippen LogP contribution in [0.3, 0.4) is 0 Å². The third-order valence-corrected chi connectivity index (χ3v) is 2.92. The number of carbonyl (C=O) groups is 1. The molecule has 1 atom stereocenters. The first-order valence-electron chi connectivity index (χ1n) is 6.71. The Labute approximate surface area is 124 Å². The van der Waals surface area contributed by atoms with Gasteiger partial charge in [0.25, 0.3) is 5.91 Å². The van der Waals surface area contributed by atoms with Gasteiger partial charge in [0.1, 0.15) is 6.04 Å². The van der Waals surface area contributed by atoms with Crippen LogP contribution in [0.15, 0.2) is 53.9 Å². The lowest BCUT2D eigenvalue weighted by Crippen LogP contribution is -2.34. The molecule has 5 heteroatoms. The summed E-state index contributed by atoms with van der Waals surface area (Å²) < 4.78 is 0. The smallest absolute Gasteiger partial charge is 0.262 e. The Bertz CT molecular complexity index is 608. The average Bonchev–Trinajstić information content (AvgIpc) is 2.50. The van der Waals surface area contributed by atoms with Crippen molar-refractivity contribution < 1.29 is 4.79 Å². The Hall–Kier alpha value is -2.69. The van der Waals surface area contributed by atoms with Crippen LogP contribution in [0.25, 0.3) is 0 Å². The van der Waals surface area contributed by atoms with Crippen molar-refractivity contribution in [1.82, 2.24) is 10.4 Å². The lowest BCUT2D eigenvalue weighted by atomic mass is 10.2. The summed E-state index contributed by atoms with van der Waals surface area (Å²) in [4.78, 5) is 15.8. The highest BCUT2D eigenvalue weighted by molar-refractivity contribution is 5.86. The van der Waals surface area contributed by atoms with Crippen LogP contribution >= 0.6 is 0 Å². The van der Waals surface area contributed by atoms with Gasteiger partial charge in [-0.2, -0.15) is 5.10 Å². The number of amides is 1. The van der Waals surface area contributed by atoms with Crippen LogP contribution in [0.2, 0.25) is 0 Å². The SMILES string of the molecule is Cc1ccc(N[C@H](C)C(=O)N/N=C\c2ccncc2)cc1. The molecule has 21 heavy (non-hydrogen) atoms. The van der Waals surface area contributed by atoms with Crippen LogP contribution < -0.4 is 10.7 Å². The van der Waals surface area contributed by atoms with Gasteiger partial charge in [-0.25, -0.2) is 5.43 Å². The van der Waals surface area contributed by atoms with Crippen LogP contribution in [0.4, 0.5) is 5.69 Å². The zero-order valence-electron chi connectivity index (χ0n) is 12.1. The van der Waals surface area contributed by atoms with Gasteiger partial charge in [0.05, 0.1) is 6.21 Å². The summed E-state index contributed by atoms with van der Waals surface area (Å²) in [6.07, 6.45) is 4.92. The van der Waals surface area contributed by atoms with E-state index in [9.17, 15) is 4.79 Å². The number of anilines is 1. The van der Waals surface area contributed by atoms with E-state index >= 15 is 0 Å². The molecule has 0 saturated carbocycles. The Kier molecular flexibility index (Phi) is 5.04. The number of hydrogen-bond acceptors (Lipinski definition) is 4. The fourth-order valence-electron chi connectivity index (χ4n) is 1.68. The Morgan fingerprint density at radius 2 is 1.86 bits per heavy atom. The third kappa shape index (κ3) is 4.72. The normalized spacial score (nSPS) is 12.1. The number of carbonyl (C=O) groups excluding carboxylic acids is 1. The summed E-state index contributed by atoms with van der Waals surface area (Å²) in [5.74, 6) is -0.194. The van der Waals surface area contributed by atoms with Crippen molar-refractivity contribution in [3.8, 4) is 0 Å². The van der Waals surface area contributed by atoms with Crippen molar-refractivity contribution >= 4 is 17.8 Å². The minimum atomic E-state index is -0.373. The van der Waals surface area contributed by atoms with Gasteiger partial charge in [0.2, 0.25) is 0 Å². The summed E-state index contributed by atoms with van der Waals surface area (Å²) in [6.45, 7) is 3.81. The quantitative estimate of drug-likeness (QED) is 0.653. The molecule has 0 aliphatic heterocycles. The van der Waals surface area contributed by atoms with Crippen LogP contribution in [-0.4, -0.2) is 23.1 Å². The molecule has 1 heterocycles. The fraction of sp³-hybridized carbons (Fsp3) is 0.188. The van der Waals surface area contributed by atoms with E-state index in [0.29, 0.717) is 0 Å². The van der Waals surface area contributed by atoms with Crippen molar-refractivity contribution in [2.24, 2.45) is 5.10 Å². The standard InChI is InChI=1S/C16H18N4O/c1-12-3-5-15(6-4-12)19-13(2)16(21)20-18-11-14-7-9-17-10-8-14/h3-11,13,19H,1-2H3,(H,20,21)/b18-11-/t13-/m1/s1. The zero-order chi connectivity index (χ0) is 15.1. The molecule has 1 aromatic heterocycles. The number of aromatic nitrogens is 1. The van der Waals surface area contributed by atoms with Crippen LogP contribution in [0, 0.1) is 6.92 Å². The van der Waals surface area contributed by atoms with Gasteiger partial charge < -0.3 is 5.32 Å². The molecule has 0 saturated heterocycles. The number of nitrogens with one attached hydrogen (secondary N) is 2. The largest absolute Gasteiger partial charge is 0.374 e. The Balaban J connectivity index is 1.85. The molecule has 1 amide bonds. The Morgan fingerprint density at radius 1 is 1.19 bits per heavy atom. The number of pyridine rings is 1. The van der Waals surface area contributed by atoms with E-state index in [4.69, 9.17) is 0 Å². The van der Waals surface area contributed by atoms with Gasteiger partial charge in [0, 0.05) is 18.1 Å². The molecular weight excluding hydrogens is 264 g/mol. The monoisotopic (exact) mass is 282 g/mol. The van der Waals surface area contributed by atoms with Gasteiger partial charge in [-0.1, -0.05) is 17.7 Å². The molecule has 5 nitrogen and oxygen atoms in total. The molecular formula is C16H18N4O. The second kappa shape index (κ2) is 7.19. The maximum absolute atomic E-state index is 11.9. The summed E-state index contributed by atoms with van der Waals surface area (Å²) in [5.41, 5.74) is 5.47. The van der Waals surface area contributed by atoms with Crippen molar-refractivity contribution in [2.75, 3.05) is 5.32 Å². The number of benzene rings is 1. The first-order chi connectivity index (χ1) is 10.1. The molecule has 108 valence electrons. The van der Waals surface area contributed by atoms with Gasteiger partial charge >= 0.3 is 0 Å². The summed E-state index contributed by atoms with van der Waals surface area (Å²) in [6, 6.07) is 11.1. The first kappa shape index (κ1) is 14.7. The van der Waals surface area contributed by atoms with E-state index in [1.807, 2.05) is 43.3 Å². The van der Waals surface area contributed by atoms with E-state index in [1.165, 1.54) is 5.56 Å². The number of nitrogens with zero attached hydrogens (tertiary/aromatic N) is 2. The molecule has 2 rings (SSSR count). The highest BCUT2D eigenvalue weighted by Gasteiger charge is 2.11. The minimum Gasteiger partial charge on any atom is -0.374 e. The number of hydrazone groups is 1. The molecule has 0 aliphatic carbocycles. The lowest BCUT2D eigenvalue weighted by molar-refractivity contribution is -0.121. The average molecular weight is 282 g/mol. The molecule has 2 aromatic rings. The van der Waals surface area contributed by atoms with E-state index in [2.05, 4.69) is 20.8 Å². The van der Waals surface area contributed by atoms with E-state index in [-0.39, 0.29) is 11.9 Å². The molecule has 0 unspecified atom stereocenters. The lowest BCUT2D eigenvalue weighted by Gasteiger charge is -2.13. The molecule has 0 aliphatic rings. The molecule has 0 bridgehead atoms. The maximum Gasteiger partial charge on any atom is 0.262 e. The molecule has 1 aromatic carbocycles. The van der Waals surface area contributed by atoms with E-state index < -0.39 is 0 Å². The Morgan fingerprint density at radius 3 is 2.52 bits per heavy atom. The van der Waals surface area contributed by atoms with Crippen molar-refractivity contribution in [2.45, 2.75) is 19.9 Å². The summed E-state index contributed by atoms with van der Waals surface area (Å²) in [5, 5.41) is 7.05. The third-order valence-electron chi connectivity index (χ3n) is 2.92. The van der Waals surface area contributed by atoms with Crippen molar-refractivity contribution in [3.63, 3.8) is 0 Å². The van der Waals surface area contributed by atoms with Crippen molar-refractivity contribution in [3.05, 3.63) is 59.9 Å². The fourth-order valence-corrected chi connectivity index (χ4v) is 1.68. The number of aryl methyl sites for hydroxylation is 1. The van der Waals surface area contributed by atoms with Crippen LogP contribution in [0.5, 0.6) is 0 Å². The molecule has 0 radical (unpaired) electrons. The number of hydrogen-bond donors (Lipinski definition) is 2. The predicted octanol–water partition coefficient (Wildman–Crippen LogP) is 2.34. The van der Waals surface area contributed by atoms with Gasteiger partial charge in [0.15, 0.2) is 0 Å². The van der Waals surface area contributed by atoms with Gasteiger partial charge in [-0.15, -0.1) is 0 Å². The van der Waals surface area contributed by atoms with E-state index in [1.54, 1.807) is 25.5 Å². The minimum absolute atomic E-state index is 0.194. The molecule has 0 spiro atoms. The summed E-state index contributed by atoms with van der Waals surface area (Å²) in [7, 11) is 0. The zero-order valence-corrected chi connectivity index (χ0v) is 12.1. The van der Waals surface area contributed by atoms with E-state index in [0.717, 1.165) is 11.3 Å². The summed E-state index contributed by atoms with van der Waals surface area (Å²) >= 11 is 0. The second-order valence-corrected chi connectivity index (χ2v) is 4.75. The number of rotatable bonds is 5.